The normalized spacial score (nSPS) is 35.8. The number of anilines is 1. The van der Waals surface area contributed by atoms with Crippen molar-refractivity contribution in [1.82, 2.24) is 4.90 Å². The van der Waals surface area contributed by atoms with Crippen molar-refractivity contribution in [2.45, 2.75) is 76.9 Å². The minimum absolute atomic E-state index is 0.0166. The molecule has 3 saturated carbocycles. The predicted octanol–water partition coefficient (Wildman–Crippen LogP) is 9.51. The standard InChI is InChI=1S/C44H48N2O4S2/c1-40-18-14-31(47)26-42(40)21-22-44(33(27-42)38(48)35-25-29-9-6-7-13-34(29)52-35)36(40)15-19-41(2)37(44)16-20-43(41,50)28-46(23-17-32-12-8-24-51-32)39(49)45-30-10-4-3-5-11-30/h3-13,21-22,24-25,27,31,36-37,47,50H,14-20,23,26,28H2,1-2H3,(H,45,49). The van der Waals surface area contributed by atoms with Crippen molar-refractivity contribution in [3.63, 3.8) is 0 Å². The number of ketones is 1. The number of hydrogen-bond donors (Lipinski definition) is 3. The first kappa shape index (κ1) is 34.2. The molecule has 2 aromatic carbocycles. The number of benzene rings is 2. The van der Waals surface area contributed by atoms with E-state index in [1.54, 1.807) is 22.7 Å². The highest BCUT2D eigenvalue weighted by molar-refractivity contribution is 7.21. The summed E-state index contributed by atoms with van der Waals surface area (Å²) < 4.78 is 1.10. The summed E-state index contributed by atoms with van der Waals surface area (Å²) in [7, 11) is 0. The molecule has 10 rings (SSSR count). The fourth-order valence-corrected chi connectivity index (χ4v) is 13.5. The molecule has 0 aliphatic heterocycles. The molecule has 6 aliphatic carbocycles. The van der Waals surface area contributed by atoms with Crippen molar-refractivity contribution in [3.05, 3.63) is 112 Å². The van der Waals surface area contributed by atoms with Crippen LogP contribution in [-0.2, 0) is 6.42 Å². The van der Waals surface area contributed by atoms with Crippen LogP contribution in [-0.4, -0.2) is 51.7 Å². The maximum absolute atomic E-state index is 15.1. The van der Waals surface area contributed by atoms with Crippen LogP contribution in [0, 0.1) is 33.5 Å². The number of amides is 2. The van der Waals surface area contributed by atoms with E-state index >= 15 is 4.79 Å². The Morgan fingerprint density at radius 3 is 2.44 bits per heavy atom. The lowest BCUT2D eigenvalue weighted by molar-refractivity contribution is -0.174. The number of carbonyl (C=O) groups is 2. The molecule has 6 aliphatic rings. The van der Waals surface area contributed by atoms with Gasteiger partial charge in [0.05, 0.1) is 23.1 Å². The maximum atomic E-state index is 15.1. The molecule has 8 heteroatoms. The Labute approximate surface area is 314 Å². The summed E-state index contributed by atoms with van der Waals surface area (Å²) in [6.07, 6.45) is 12.7. The molecule has 0 saturated heterocycles. The Balaban J connectivity index is 1.10. The first-order chi connectivity index (χ1) is 25.0. The molecule has 2 aromatic heterocycles. The molecule has 52 heavy (non-hydrogen) atoms. The van der Waals surface area contributed by atoms with Crippen LogP contribution in [0.15, 0.2) is 102 Å². The van der Waals surface area contributed by atoms with Crippen LogP contribution in [0.3, 0.4) is 0 Å². The van der Waals surface area contributed by atoms with E-state index in [4.69, 9.17) is 0 Å². The summed E-state index contributed by atoms with van der Waals surface area (Å²) in [5.74, 6) is 0.326. The number of rotatable bonds is 8. The van der Waals surface area contributed by atoms with Gasteiger partial charge in [-0.25, -0.2) is 4.79 Å². The van der Waals surface area contributed by atoms with Gasteiger partial charge in [0, 0.05) is 43.6 Å². The van der Waals surface area contributed by atoms with E-state index in [2.05, 4.69) is 67.0 Å². The molecule has 4 aromatic rings. The number of carbonyl (C=O) groups excluding carboxylic acids is 2. The smallest absolute Gasteiger partial charge is 0.321 e. The van der Waals surface area contributed by atoms with Crippen molar-refractivity contribution >= 4 is 50.3 Å². The van der Waals surface area contributed by atoms with Crippen molar-refractivity contribution in [2.75, 3.05) is 18.4 Å². The number of allylic oxidation sites excluding steroid dienone is 4. The number of urea groups is 1. The summed E-state index contributed by atoms with van der Waals surface area (Å²) in [4.78, 5) is 32.9. The third-order valence-corrected chi connectivity index (χ3v) is 16.6. The molecule has 2 bridgehead atoms. The lowest BCUT2D eigenvalue weighted by Crippen LogP contribution is -2.67. The number of para-hydroxylation sites is 1. The number of aliphatic hydroxyl groups excluding tert-OH is 1. The molecule has 3 N–H and O–H groups in total. The number of Topliss-reactive ketones (excluding diaryl/α,β-unsaturated/α-hetero) is 1. The quantitative estimate of drug-likeness (QED) is 0.124. The van der Waals surface area contributed by atoms with Crippen molar-refractivity contribution in [1.29, 1.82) is 0 Å². The molecular weight excluding hydrogens is 685 g/mol. The van der Waals surface area contributed by atoms with E-state index in [-0.39, 0.29) is 41.0 Å². The summed E-state index contributed by atoms with van der Waals surface area (Å²) in [6, 6.07) is 23.7. The fourth-order valence-electron chi connectivity index (χ4n) is 11.8. The van der Waals surface area contributed by atoms with Gasteiger partial charge in [-0.3, -0.25) is 4.79 Å². The SMILES string of the molecule is CC12CCC(O)CC13C=CC1(C(C(=O)c4cc5ccccc5s4)=C3)C2CCC2(C)C1CCC2(O)CN(CCc1cccs1)C(=O)Nc1ccccc1. The summed E-state index contributed by atoms with van der Waals surface area (Å²) in [5, 5.41) is 30.4. The molecule has 8 atom stereocenters. The van der Waals surface area contributed by atoms with E-state index in [1.165, 1.54) is 4.88 Å². The van der Waals surface area contributed by atoms with Crippen LogP contribution in [0.1, 0.15) is 73.3 Å². The second kappa shape index (κ2) is 12.2. The fraction of sp³-hybridized carbons (Fsp3) is 0.455. The highest BCUT2D eigenvalue weighted by atomic mass is 32.1. The maximum Gasteiger partial charge on any atom is 0.321 e. The van der Waals surface area contributed by atoms with Crippen molar-refractivity contribution in [3.8, 4) is 0 Å². The highest BCUT2D eigenvalue weighted by Gasteiger charge is 2.74. The Bertz CT molecular complexity index is 2060. The van der Waals surface area contributed by atoms with E-state index < -0.39 is 22.5 Å². The van der Waals surface area contributed by atoms with Gasteiger partial charge in [0.25, 0.3) is 0 Å². The Morgan fingerprint density at radius 2 is 1.65 bits per heavy atom. The molecule has 2 heterocycles. The Morgan fingerprint density at radius 1 is 0.904 bits per heavy atom. The van der Waals surface area contributed by atoms with Gasteiger partial charge in [0.15, 0.2) is 5.78 Å². The lowest BCUT2D eigenvalue weighted by Gasteiger charge is -2.71. The molecular formula is C44H48N2O4S2. The molecule has 3 fully saturated rings. The van der Waals surface area contributed by atoms with Crippen LogP contribution in [0.5, 0.6) is 0 Å². The number of thiophene rings is 2. The Hall–Kier alpha value is -3.56. The zero-order valence-electron chi connectivity index (χ0n) is 30.0. The number of fused-ring (bicyclic) bond motifs is 2. The monoisotopic (exact) mass is 732 g/mol. The van der Waals surface area contributed by atoms with Crippen molar-refractivity contribution in [2.24, 2.45) is 33.5 Å². The van der Waals surface area contributed by atoms with Gasteiger partial charge in [-0.15, -0.1) is 22.7 Å². The molecule has 2 spiro atoms. The topological polar surface area (TPSA) is 89.9 Å². The third-order valence-electron chi connectivity index (χ3n) is 14.6. The average Bonchev–Trinajstić information content (AvgIpc) is 3.88. The van der Waals surface area contributed by atoms with Crippen LogP contribution >= 0.6 is 22.7 Å². The molecule has 6 nitrogen and oxygen atoms in total. The number of nitrogens with one attached hydrogen (secondary N) is 1. The van der Waals surface area contributed by atoms with Gasteiger partial charge >= 0.3 is 6.03 Å². The predicted molar refractivity (Wildman–Crippen MR) is 210 cm³/mol. The van der Waals surface area contributed by atoms with Crippen LogP contribution in [0.4, 0.5) is 10.5 Å². The average molecular weight is 733 g/mol. The van der Waals surface area contributed by atoms with Gasteiger partial charge in [0.2, 0.25) is 0 Å². The number of aliphatic hydroxyl groups is 2. The van der Waals surface area contributed by atoms with E-state index in [1.807, 2.05) is 53.4 Å². The number of hydrogen-bond acceptors (Lipinski definition) is 6. The number of nitrogens with zero attached hydrogens (tertiary/aromatic N) is 1. The van der Waals surface area contributed by atoms with Gasteiger partial charge in [-0.2, -0.15) is 0 Å². The molecule has 270 valence electrons. The van der Waals surface area contributed by atoms with Crippen LogP contribution in [0.25, 0.3) is 10.1 Å². The van der Waals surface area contributed by atoms with Gasteiger partial charge in [0.1, 0.15) is 0 Å². The van der Waals surface area contributed by atoms with Gasteiger partial charge in [-0.05, 0) is 110 Å². The van der Waals surface area contributed by atoms with Crippen molar-refractivity contribution < 1.29 is 19.8 Å². The van der Waals surface area contributed by atoms with Gasteiger partial charge in [-0.1, -0.05) is 74.5 Å². The second-order valence-corrected chi connectivity index (χ2v) is 19.0. The minimum Gasteiger partial charge on any atom is -0.393 e. The highest BCUT2D eigenvalue weighted by Crippen LogP contribution is 2.78. The van der Waals surface area contributed by atoms with E-state index in [0.717, 1.165) is 58.3 Å². The van der Waals surface area contributed by atoms with Crippen LogP contribution < -0.4 is 5.32 Å². The molecule has 0 radical (unpaired) electrons. The zero-order chi connectivity index (χ0) is 35.9. The summed E-state index contributed by atoms with van der Waals surface area (Å²) in [5.41, 5.74) is -1.11. The van der Waals surface area contributed by atoms with Crippen LogP contribution in [0.2, 0.25) is 0 Å². The second-order valence-electron chi connectivity index (χ2n) is 16.8. The first-order valence-corrected chi connectivity index (χ1v) is 20.7. The largest absolute Gasteiger partial charge is 0.393 e. The van der Waals surface area contributed by atoms with Gasteiger partial charge < -0.3 is 20.4 Å². The Kier molecular flexibility index (Phi) is 8.05. The minimum atomic E-state index is -1.14. The van der Waals surface area contributed by atoms with E-state index in [9.17, 15) is 15.0 Å². The lowest BCUT2D eigenvalue weighted by atomic mass is 9.32. The first-order valence-electron chi connectivity index (χ1n) is 19.0. The summed E-state index contributed by atoms with van der Waals surface area (Å²) in [6.45, 7) is 5.39. The molecule has 8 unspecified atom stereocenters. The zero-order valence-corrected chi connectivity index (χ0v) is 31.6. The van der Waals surface area contributed by atoms with E-state index in [0.29, 0.717) is 25.8 Å². The summed E-state index contributed by atoms with van der Waals surface area (Å²) >= 11 is 3.25. The third kappa shape index (κ3) is 4.93. The molecule has 2 amide bonds.